The van der Waals surface area contributed by atoms with Gasteiger partial charge in [-0.25, -0.2) is 15.0 Å². The second-order valence-corrected chi connectivity index (χ2v) is 4.18. The number of nitrogens with zero attached hydrogens (tertiary/aromatic N) is 4. The van der Waals surface area contributed by atoms with E-state index in [1.165, 1.54) is 0 Å². The van der Waals surface area contributed by atoms with E-state index in [4.69, 9.17) is 0 Å². The molecule has 0 fully saturated rings. The zero-order valence-electron chi connectivity index (χ0n) is 10.5. The molecule has 6 heteroatoms. The van der Waals surface area contributed by atoms with E-state index >= 15 is 0 Å². The number of rotatable bonds is 4. The molecular weight excluding hydrogens is 240 g/mol. The van der Waals surface area contributed by atoms with Gasteiger partial charge in [-0.1, -0.05) is 6.92 Å². The molecule has 0 spiro atoms. The molecule has 19 heavy (non-hydrogen) atoms. The predicted octanol–water partition coefficient (Wildman–Crippen LogP) is 2.31. The fourth-order valence-electron chi connectivity index (χ4n) is 1.95. The summed E-state index contributed by atoms with van der Waals surface area (Å²) in [5, 5.41) is 3.35. The van der Waals surface area contributed by atoms with Crippen molar-refractivity contribution in [1.29, 1.82) is 0 Å². The van der Waals surface area contributed by atoms with Crippen molar-refractivity contribution in [3.8, 4) is 0 Å². The van der Waals surface area contributed by atoms with Crippen LogP contribution in [0.25, 0.3) is 11.2 Å². The van der Waals surface area contributed by atoms with Crippen molar-refractivity contribution < 1.29 is 0 Å². The van der Waals surface area contributed by atoms with Gasteiger partial charge in [0.2, 0.25) is 0 Å². The lowest BCUT2D eigenvalue weighted by atomic mass is 10.2. The molecule has 2 N–H and O–H groups in total. The van der Waals surface area contributed by atoms with Crippen molar-refractivity contribution in [3.05, 3.63) is 42.7 Å². The molecule has 3 heterocycles. The Hall–Kier alpha value is -2.50. The van der Waals surface area contributed by atoms with Gasteiger partial charge in [0.25, 0.3) is 0 Å². The summed E-state index contributed by atoms with van der Waals surface area (Å²) in [6, 6.07) is 3.92. The predicted molar refractivity (Wildman–Crippen MR) is 72.6 cm³/mol. The number of hydrogen-bond acceptors (Lipinski definition) is 5. The van der Waals surface area contributed by atoms with Crippen LogP contribution in [0, 0.1) is 0 Å². The Kier molecular flexibility index (Phi) is 3.06. The number of aromatic nitrogens is 5. The number of fused-ring (bicyclic) bond motifs is 1. The topological polar surface area (TPSA) is 79.4 Å². The number of aromatic amines is 1. The van der Waals surface area contributed by atoms with Crippen LogP contribution in [0.4, 0.5) is 5.82 Å². The number of nitrogens with one attached hydrogen (secondary N) is 2. The van der Waals surface area contributed by atoms with Crippen molar-refractivity contribution in [1.82, 2.24) is 24.9 Å². The number of anilines is 1. The lowest BCUT2D eigenvalue weighted by molar-refractivity contribution is 0.701. The molecule has 0 aliphatic rings. The molecule has 0 radical (unpaired) electrons. The fourth-order valence-corrected chi connectivity index (χ4v) is 1.95. The fraction of sp³-hybridized carbons (Fsp3) is 0.231. The summed E-state index contributed by atoms with van der Waals surface area (Å²) in [5.41, 5.74) is 1.43. The van der Waals surface area contributed by atoms with Crippen LogP contribution in [-0.4, -0.2) is 24.9 Å². The third kappa shape index (κ3) is 2.37. The third-order valence-electron chi connectivity index (χ3n) is 2.91. The summed E-state index contributed by atoms with van der Waals surface area (Å²) in [4.78, 5) is 20.2. The molecule has 3 aromatic heterocycles. The number of H-pyrrole nitrogens is 1. The van der Waals surface area contributed by atoms with Crippen molar-refractivity contribution in [2.24, 2.45) is 0 Å². The summed E-state index contributed by atoms with van der Waals surface area (Å²) < 4.78 is 0. The van der Waals surface area contributed by atoms with Gasteiger partial charge in [-0.15, -0.1) is 0 Å². The van der Waals surface area contributed by atoms with E-state index < -0.39 is 0 Å². The molecule has 0 aliphatic carbocycles. The van der Waals surface area contributed by atoms with Gasteiger partial charge in [-0.2, -0.15) is 0 Å². The van der Waals surface area contributed by atoms with Gasteiger partial charge in [0, 0.05) is 24.8 Å². The zero-order chi connectivity index (χ0) is 13.1. The molecule has 3 rings (SSSR count). The first kappa shape index (κ1) is 11.6. The van der Waals surface area contributed by atoms with Gasteiger partial charge in [-0.3, -0.25) is 4.98 Å². The number of imidazole rings is 1. The Bertz CT molecular complexity index is 664. The van der Waals surface area contributed by atoms with Gasteiger partial charge in [-0.05, 0) is 18.6 Å². The number of pyridine rings is 1. The normalized spacial score (nSPS) is 12.5. The average molecular weight is 254 g/mol. The van der Waals surface area contributed by atoms with Crippen LogP contribution in [0.5, 0.6) is 0 Å². The van der Waals surface area contributed by atoms with Gasteiger partial charge in [0.1, 0.15) is 17.2 Å². The summed E-state index contributed by atoms with van der Waals surface area (Å²) in [5.74, 6) is 1.68. The standard InChI is InChI=1S/C13H14N6/c1-2-9(12-15-7-8-16-12)18-11-4-3-10-13(19-11)17-6-5-14-10/h3-9H,2H2,1H3,(H,15,16)(H,17,18,19). The van der Waals surface area contributed by atoms with E-state index in [2.05, 4.69) is 37.2 Å². The Morgan fingerprint density at radius 2 is 2.05 bits per heavy atom. The maximum absolute atomic E-state index is 4.45. The molecule has 0 saturated heterocycles. The van der Waals surface area contributed by atoms with Crippen LogP contribution < -0.4 is 5.32 Å². The maximum Gasteiger partial charge on any atom is 0.180 e. The van der Waals surface area contributed by atoms with Crippen LogP contribution in [0.3, 0.4) is 0 Å². The Morgan fingerprint density at radius 3 is 2.84 bits per heavy atom. The minimum atomic E-state index is 0.108. The zero-order valence-corrected chi connectivity index (χ0v) is 10.5. The lowest BCUT2D eigenvalue weighted by Crippen LogP contribution is -2.12. The van der Waals surface area contributed by atoms with Crippen molar-refractivity contribution >= 4 is 17.0 Å². The van der Waals surface area contributed by atoms with Gasteiger partial charge in [0.05, 0.1) is 6.04 Å². The quantitative estimate of drug-likeness (QED) is 0.746. The van der Waals surface area contributed by atoms with E-state index in [-0.39, 0.29) is 6.04 Å². The summed E-state index contributed by atoms with van der Waals surface area (Å²) in [6.07, 6.45) is 7.78. The minimum absolute atomic E-state index is 0.108. The SMILES string of the molecule is CCC(Nc1ccc2nccnc2n1)c1ncc[nH]1. The van der Waals surface area contributed by atoms with E-state index in [0.29, 0.717) is 5.65 Å². The average Bonchev–Trinajstić information content (AvgIpc) is 2.98. The highest BCUT2D eigenvalue weighted by Gasteiger charge is 2.12. The molecule has 96 valence electrons. The second kappa shape index (κ2) is 5.01. The summed E-state index contributed by atoms with van der Waals surface area (Å²) in [7, 11) is 0. The minimum Gasteiger partial charge on any atom is -0.360 e. The van der Waals surface area contributed by atoms with E-state index in [9.17, 15) is 0 Å². The molecule has 3 aromatic rings. The Balaban J connectivity index is 1.88. The molecule has 0 aliphatic heterocycles. The third-order valence-corrected chi connectivity index (χ3v) is 2.91. The van der Waals surface area contributed by atoms with Gasteiger partial charge < -0.3 is 10.3 Å². The van der Waals surface area contributed by atoms with Crippen LogP contribution in [0.1, 0.15) is 25.2 Å². The van der Waals surface area contributed by atoms with Crippen LogP contribution in [0.2, 0.25) is 0 Å². The smallest absolute Gasteiger partial charge is 0.180 e. The largest absolute Gasteiger partial charge is 0.360 e. The first-order valence-corrected chi connectivity index (χ1v) is 6.20. The summed E-state index contributed by atoms with van der Waals surface area (Å²) in [6.45, 7) is 2.10. The first-order valence-electron chi connectivity index (χ1n) is 6.20. The molecule has 0 amide bonds. The van der Waals surface area contributed by atoms with Crippen molar-refractivity contribution in [2.75, 3.05) is 5.32 Å². The monoisotopic (exact) mass is 254 g/mol. The summed E-state index contributed by atoms with van der Waals surface area (Å²) >= 11 is 0. The van der Waals surface area contributed by atoms with Gasteiger partial charge >= 0.3 is 0 Å². The molecule has 1 unspecified atom stereocenters. The molecule has 0 saturated carbocycles. The second-order valence-electron chi connectivity index (χ2n) is 4.18. The molecule has 6 nitrogen and oxygen atoms in total. The number of hydrogen-bond donors (Lipinski definition) is 2. The molecule has 1 atom stereocenters. The van der Waals surface area contributed by atoms with Crippen LogP contribution in [0.15, 0.2) is 36.9 Å². The van der Waals surface area contributed by atoms with Gasteiger partial charge in [0.15, 0.2) is 5.65 Å². The Labute approximate surface area is 110 Å². The highest BCUT2D eigenvalue weighted by Crippen LogP contribution is 2.19. The molecule has 0 bridgehead atoms. The highest BCUT2D eigenvalue weighted by molar-refractivity contribution is 5.71. The molecular formula is C13H14N6. The van der Waals surface area contributed by atoms with E-state index in [1.54, 1.807) is 18.6 Å². The maximum atomic E-state index is 4.45. The molecule has 0 aromatic carbocycles. The van der Waals surface area contributed by atoms with Crippen LogP contribution in [-0.2, 0) is 0 Å². The Morgan fingerprint density at radius 1 is 1.16 bits per heavy atom. The highest BCUT2D eigenvalue weighted by atomic mass is 15.1. The first-order chi connectivity index (χ1) is 9.36. The van der Waals surface area contributed by atoms with E-state index in [0.717, 1.165) is 23.6 Å². The lowest BCUT2D eigenvalue weighted by Gasteiger charge is -2.15. The van der Waals surface area contributed by atoms with E-state index in [1.807, 2.05) is 18.3 Å². The van der Waals surface area contributed by atoms with Crippen molar-refractivity contribution in [3.63, 3.8) is 0 Å². The van der Waals surface area contributed by atoms with Crippen molar-refractivity contribution in [2.45, 2.75) is 19.4 Å². The van der Waals surface area contributed by atoms with Crippen LogP contribution >= 0.6 is 0 Å².